The number of amidine groups is 1. The maximum absolute atomic E-state index is 5.88. The summed E-state index contributed by atoms with van der Waals surface area (Å²) in [5.41, 5.74) is 9.55. The van der Waals surface area contributed by atoms with Crippen LogP contribution in [0.3, 0.4) is 0 Å². The van der Waals surface area contributed by atoms with Crippen LogP contribution in [0.15, 0.2) is 47.8 Å². The lowest BCUT2D eigenvalue weighted by Gasteiger charge is -2.06. The zero-order valence-electron chi connectivity index (χ0n) is 13.5. The van der Waals surface area contributed by atoms with Crippen LogP contribution < -0.4 is 5.73 Å². The summed E-state index contributed by atoms with van der Waals surface area (Å²) in [5.74, 6) is 0.500. The minimum absolute atomic E-state index is 0.500. The van der Waals surface area contributed by atoms with Crippen LogP contribution >= 0.6 is 0 Å². The van der Waals surface area contributed by atoms with E-state index in [1.165, 1.54) is 18.2 Å². The Morgan fingerprint density at radius 1 is 1.22 bits per heavy atom. The lowest BCUT2D eigenvalue weighted by molar-refractivity contribution is 0.649. The molecule has 5 nitrogen and oxygen atoms in total. The first-order valence-corrected chi connectivity index (χ1v) is 7.87. The molecule has 0 fully saturated rings. The van der Waals surface area contributed by atoms with Crippen molar-refractivity contribution < 1.29 is 0 Å². The predicted molar refractivity (Wildman–Crippen MR) is 94.5 cm³/mol. The van der Waals surface area contributed by atoms with Gasteiger partial charge in [0.2, 0.25) is 0 Å². The van der Waals surface area contributed by atoms with Gasteiger partial charge in [-0.2, -0.15) is 0 Å². The number of fused-ring (bicyclic) bond motifs is 1. The Balaban J connectivity index is 1.98. The molecule has 0 bridgehead atoms. The third-order valence-electron chi connectivity index (χ3n) is 3.97. The zero-order chi connectivity index (χ0) is 16.2. The van der Waals surface area contributed by atoms with Gasteiger partial charge in [-0.25, -0.2) is 0 Å². The largest absolute Gasteiger partial charge is 0.384 e. The highest BCUT2D eigenvalue weighted by Crippen LogP contribution is 2.22. The van der Waals surface area contributed by atoms with Gasteiger partial charge < -0.3 is 10.3 Å². The van der Waals surface area contributed by atoms with Gasteiger partial charge in [0, 0.05) is 36.9 Å². The molecule has 0 spiro atoms. The van der Waals surface area contributed by atoms with Crippen molar-refractivity contribution in [1.29, 1.82) is 0 Å². The van der Waals surface area contributed by atoms with Gasteiger partial charge in [-0.15, -0.1) is 0 Å². The van der Waals surface area contributed by atoms with Crippen LogP contribution in [-0.4, -0.2) is 27.4 Å². The third-order valence-corrected chi connectivity index (χ3v) is 3.97. The molecule has 0 aliphatic rings. The van der Waals surface area contributed by atoms with Crippen LogP contribution in [-0.2, 0) is 6.54 Å². The monoisotopic (exact) mass is 307 g/mol. The van der Waals surface area contributed by atoms with E-state index >= 15 is 0 Å². The molecule has 0 amide bonds. The van der Waals surface area contributed by atoms with E-state index in [1.807, 2.05) is 18.3 Å². The number of hydrogen-bond donors (Lipinski definition) is 1. The molecule has 0 aliphatic carbocycles. The van der Waals surface area contributed by atoms with E-state index in [9.17, 15) is 0 Å². The Kier molecular flexibility index (Phi) is 4.37. The number of pyridine rings is 2. The summed E-state index contributed by atoms with van der Waals surface area (Å²) in [6.45, 7) is 3.23. The molecule has 3 rings (SSSR count). The van der Waals surface area contributed by atoms with Crippen LogP contribution in [0.5, 0.6) is 0 Å². The van der Waals surface area contributed by atoms with E-state index in [2.05, 4.69) is 44.8 Å². The maximum atomic E-state index is 5.88. The summed E-state index contributed by atoms with van der Waals surface area (Å²) in [5, 5.41) is 1.18. The molecule has 3 heterocycles. The van der Waals surface area contributed by atoms with E-state index in [0.717, 1.165) is 29.0 Å². The Labute approximate surface area is 135 Å². The fraction of sp³-hybridized carbons (Fsp3) is 0.278. The minimum Gasteiger partial charge on any atom is -0.384 e. The SMILES string of the molecule is CCCCn1ccc2cc(-c3cc(C(N)=NC)ccn3)ncc21. The highest BCUT2D eigenvalue weighted by molar-refractivity contribution is 5.98. The van der Waals surface area contributed by atoms with Gasteiger partial charge in [-0.1, -0.05) is 13.3 Å². The summed E-state index contributed by atoms with van der Waals surface area (Å²) in [7, 11) is 1.68. The Morgan fingerprint density at radius 3 is 2.83 bits per heavy atom. The second kappa shape index (κ2) is 6.60. The molecule has 3 aromatic heterocycles. The summed E-state index contributed by atoms with van der Waals surface area (Å²) in [6.07, 6.45) is 8.14. The molecule has 0 atom stereocenters. The Bertz CT molecular complexity index is 847. The quantitative estimate of drug-likeness (QED) is 0.581. The van der Waals surface area contributed by atoms with Gasteiger partial charge in [-0.05, 0) is 30.7 Å². The highest BCUT2D eigenvalue weighted by atomic mass is 15.0. The average molecular weight is 307 g/mol. The van der Waals surface area contributed by atoms with E-state index in [1.54, 1.807) is 13.2 Å². The van der Waals surface area contributed by atoms with Gasteiger partial charge >= 0.3 is 0 Å². The predicted octanol–water partition coefficient (Wildman–Crippen LogP) is 3.23. The summed E-state index contributed by atoms with van der Waals surface area (Å²) in [6, 6.07) is 7.97. The van der Waals surface area contributed by atoms with E-state index in [4.69, 9.17) is 5.73 Å². The summed E-state index contributed by atoms with van der Waals surface area (Å²) in [4.78, 5) is 13.0. The Morgan fingerprint density at radius 2 is 2.04 bits per heavy atom. The number of rotatable bonds is 5. The first-order valence-electron chi connectivity index (χ1n) is 7.87. The van der Waals surface area contributed by atoms with Gasteiger partial charge in [0.25, 0.3) is 0 Å². The second-order valence-electron chi connectivity index (χ2n) is 5.53. The molecule has 0 saturated carbocycles. The standard InChI is InChI=1S/C18H21N5/c1-3-4-8-23-9-6-13-10-16(22-12-17(13)23)15-11-14(5-7-21-15)18(19)20-2/h5-7,9-12H,3-4,8H2,1-2H3,(H2,19,20). The molecule has 0 aliphatic heterocycles. The first-order chi connectivity index (χ1) is 11.2. The molecule has 0 aromatic carbocycles. The van der Waals surface area contributed by atoms with Crippen molar-refractivity contribution in [3.05, 3.63) is 48.4 Å². The zero-order valence-corrected chi connectivity index (χ0v) is 13.5. The molecular weight excluding hydrogens is 286 g/mol. The van der Waals surface area contributed by atoms with E-state index in [-0.39, 0.29) is 0 Å². The second-order valence-corrected chi connectivity index (χ2v) is 5.53. The number of nitrogens with two attached hydrogens (primary N) is 1. The summed E-state index contributed by atoms with van der Waals surface area (Å²) >= 11 is 0. The van der Waals surface area contributed by atoms with Crippen molar-refractivity contribution in [2.75, 3.05) is 7.05 Å². The van der Waals surface area contributed by atoms with Crippen molar-refractivity contribution in [2.24, 2.45) is 10.7 Å². The van der Waals surface area contributed by atoms with E-state index < -0.39 is 0 Å². The van der Waals surface area contributed by atoms with Crippen LogP contribution in [0.2, 0.25) is 0 Å². The van der Waals surface area contributed by atoms with Crippen molar-refractivity contribution >= 4 is 16.7 Å². The van der Waals surface area contributed by atoms with Crippen molar-refractivity contribution in [1.82, 2.24) is 14.5 Å². The molecule has 0 unspecified atom stereocenters. The third kappa shape index (κ3) is 3.08. The highest BCUT2D eigenvalue weighted by Gasteiger charge is 2.08. The fourth-order valence-electron chi connectivity index (χ4n) is 2.61. The van der Waals surface area contributed by atoms with Gasteiger partial charge in [0.15, 0.2) is 0 Å². The smallest absolute Gasteiger partial charge is 0.125 e. The maximum Gasteiger partial charge on any atom is 0.125 e. The molecule has 0 radical (unpaired) electrons. The molecular formula is C18H21N5. The minimum atomic E-state index is 0.500. The number of aryl methyl sites for hydroxylation is 1. The average Bonchev–Trinajstić information content (AvgIpc) is 3.01. The van der Waals surface area contributed by atoms with Gasteiger partial charge in [0.05, 0.1) is 23.1 Å². The molecule has 0 saturated heterocycles. The van der Waals surface area contributed by atoms with Crippen LogP contribution in [0.1, 0.15) is 25.3 Å². The molecule has 5 heteroatoms. The number of nitrogens with zero attached hydrogens (tertiary/aromatic N) is 4. The fourth-order valence-corrected chi connectivity index (χ4v) is 2.61. The number of aliphatic imine (C=N–C) groups is 1. The van der Waals surface area contributed by atoms with Gasteiger partial charge in [-0.3, -0.25) is 15.0 Å². The number of aromatic nitrogens is 3. The normalized spacial score (nSPS) is 12.0. The lowest BCUT2D eigenvalue weighted by Crippen LogP contribution is -2.13. The first kappa shape index (κ1) is 15.2. The Hall–Kier alpha value is -2.69. The van der Waals surface area contributed by atoms with Crippen LogP contribution in [0.25, 0.3) is 22.3 Å². The van der Waals surface area contributed by atoms with Gasteiger partial charge in [0.1, 0.15) is 5.84 Å². The number of unbranched alkanes of at least 4 members (excludes halogenated alkanes) is 1. The molecule has 2 N–H and O–H groups in total. The number of hydrogen-bond acceptors (Lipinski definition) is 3. The van der Waals surface area contributed by atoms with Crippen molar-refractivity contribution in [3.8, 4) is 11.4 Å². The summed E-state index contributed by atoms with van der Waals surface area (Å²) < 4.78 is 2.25. The van der Waals surface area contributed by atoms with Crippen LogP contribution in [0.4, 0.5) is 0 Å². The van der Waals surface area contributed by atoms with E-state index in [0.29, 0.717) is 5.84 Å². The molecule has 3 aromatic rings. The molecule has 23 heavy (non-hydrogen) atoms. The van der Waals surface area contributed by atoms with Crippen molar-refractivity contribution in [2.45, 2.75) is 26.3 Å². The lowest BCUT2D eigenvalue weighted by atomic mass is 10.1. The van der Waals surface area contributed by atoms with Crippen LogP contribution in [0, 0.1) is 0 Å². The molecule has 118 valence electrons. The topological polar surface area (TPSA) is 69.1 Å². The van der Waals surface area contributed by atoms with Crippen molar-refractivity contribution in [3.63, 3.8) is 0 Å².